The second-order valence-electron chi connectivity index (χ2n) is 5.52. The lowest BCUT2D eigenvalue weighted by molar-refractivity contribution is 0.0563. The monoisotopic (exact) mass is 291 g/mol. The molecule has 116 valence electrons. The number of carbonyl (C=O) groups is 1. The van der Waals surface area contributed by atoms with Crippen molar-refractivity contribution in [3.63, 3.8) is 0 Å². The van der Waals surface area contributed by atoms with E-state index >= 15 is 0 Å². The predicted octanol–water partition coefficient (Wildman–Crippen LogP) is 1.28. The van der Waals surface area contributed by atoms with E-state index in [-0.39, 0.29) is 11.7 Å². The van der Waals surface area contributed by atoms with E-state index in [9.17, 15) is 9.90 Å². The fraction of sp³-hybridized carbons (Fsp3) is 0.562. The molecule has 1 atom stereocenters. The topological polar surface area (TPSA) is 69.8 Å². The summed E-state index contributed by atoms with van der Waals surface area (Å²) in [6.45, 7) is 5.91. The number of hydrogen-bond donors (Lipinski definition) is 2. The first-order chi connectivity index (χ1) is 10.2. The van der Waals surface area contributed by atoms with Crippen molar-refractivity contribution in [2.24, 2.45) is 5.73 Å². The predicted molar refractivity (Wildman–Crippen MR) is 83.3 cm³/mol. The maximum absolute atomic E-state index is 12.4. The van der Waals surface area contributed by atoms with E-state index in [4.69, 9.17) is 5.73 Å². The van der Waals surface area contributed by atoms with Crippen molar-refractivity contribution in [1.29, 1.82) is 0 Å². The van der Waals surface area contributed by atoms with Crippen LogP contribution in [-0.2, 0) is 0 Å². The van der Waals surface area contributed by atoms with Crippen LogP contribution in [-0.4, -0.2) is 59.6 Å². The van der Waals surface area contributed by atoms with Gasteiger partial charge in [0.15, 0.2) is 0 Å². The minimum atomic E-state index is -0.0902. The minimum Gasteiger partial charge on any atom is -0.507 e. The van der Waals surface area contributed by atoms with Crippen molar-refractivity contribution in [3.05, 3.63) is 29.8 Å². The molecule has 0 aliphatic carbocycles. The molecule has 1 fully saturated rings. The van der Waals surface area contributed by atoms with Gasteiger partial charge in [0.2, 0.25) is 0 Å². The number of aromatic hydroxyl groups is 1. The highest BCUT2D eigenvalue weighted by atomic mass is 16.3. The Kier molecular flexibility index (Phi) is 5.59. The van der Waals surface area contributed by atoms with Crippen LogP contribution in [0.4, 0.5) is 0 Å². The molecule has 1 aromatic carbocycles. The van der Waals surface area contributed by atoms with Crippen molar-refractivity contribution in [2.75, 3.05) is 32.7 Å². The van der Waals surface area contributed by atoms with Crippen LogP contribution in [0.1, 0.15) is 30.1 Å². The largest absolute Gasteiger partial charge is 0.507 e. The van der Waals surface area contributed by atoms with Gasteiger partial charge in [-0.2, -0.15) is 0 Å². The molecule has 21 heavy (non-hydrogen) atoms. The van der Waals surface area contributed by atoms with Gasteiger partial charge in [-0.1, -0.05) is 25.5 Å². The van der Waals surface area contributed by atoms with Crippen LogP contribution >= 0.6 is 0 Å². The second kappa shape index (κ2) is 7.43. The Labute approximate surface area is 126 Å². The van der Waals surface area contributed by atoms with Crippen molar-refractivity contribution in [1.82, 2.24) is 9.80 Å². The van der Waals surface area contributed by atoms with Crippen LogP contribution in [0, 0.1) is 0 Å². The Bertz CT molecular complexity index is 470. The zero-order valence-electron chi connectivity index (χ0n) is 12.7. The summed E-state index contributed by atoms with van der Waals surface area (Å²) in [5.74, 6) is -0.0386. The number of phenols is 1. The van der Waals surface area contributed by atoms with Gasteiger partial charge >= 0.3 is 0 Å². The summed E-state index contributed by atoms with van der Waals surface area (Å²) in [4.78, 5) is 16.6. The lowest BCUT2D eigenvalue weighted by Gasteiger charge is -2.39. The van der Waals surface area contributed by atoms with Crippen LogP contribution in [0.5, 0.6) is 5.75 Å². The molecule has 1 unspecified atom stereocenters. The SMILES string of the molecule is CCCC(CN)N1CCN(C(=O)c2ccccc2O)CC1. The van der Waals surface area contributed by atoms with Gasteiger partial charge < -0.3 is 15.7 Å². The maximum Gasteiger partial charge on any atom is 0.257 e. The van der Waals surface area contributed by atoms with Gasteiger partial charge in [0.25, 0.3) is 5.91 Å². The quantitative estimate of drug-likeness (QED) is 0.857. The first kappa shape index (κ1) is 15.8. The van der Waals surface area contributed by atoms with Crippen molar-refractivity contribution in [2.45, 2.75) is 25.8 Å². The van der Waals surface area contributed by atoms with E-state index in [1.165, 1.54) is 0 Å². The van der Waals surface area contributed by atoms with Gasteiger partial charge in [-0.05, 0) is 18.6 Å². The van der Waals surface area contributed by atoms with Crippen molar-refractivity contribution < 1.29 is 9.90 Å². The number of carbonyl (C=O) groups excluding carboxylic acids is 1. The lowest BCUT2D eigenvalue weighted by atomic mass is 10.1. The summed E-state index contributed by atoms with van der Waals surface area (Å²) in [6, 6.07) is 7.13. The molecular weight excluding hydrogens is 266 g/mol. The Hall–Kier alpha value is -1.59. The summed E-state index contributed by atoms with van der Waals surface area (Å²) in [5, 5.41) is 9.79. The number of phenolic OH excluding ortho intramolecular Hbond substituents is 1. The normalized spacial score (nSPS) is 17.7. The molecule has 1 saturated heterocycles. The third-order valence-electron chi connectivity index (χ3n) is 4.15. The van der Waals surface area contributed by atoms with E-state index in [0.717, 1.165) is 25.9 Å². The van der Waals surface area contributed by atoms with Crippen LogP contribution in [0.15, 0.2) is 24.3 Å². The average molecular weight is 291 g/mol. The van der Waals surface area contributed by atoms with Crippen LogP contribution < -0.4 is 5.73 Å². The third-order valence-corrected chi connectivity index (χ3v) is 4.15. The molecule has 3 N–H and O–H groups in total. The average Bonchev–Trinajstić information content (AvgIpc) is 2.52. The number of amides is 1. The first-order valence-electron chi connectivity index (χ1n) is 7.68. The molecule has 0 aromatic heterocycles. The summed E-state index contributed by atoms with van der Waals surface area (Å²) >= 11 is 0. The van der Waals surface area contributed by atoms with Crippen molar-refractivity contribution in [3.8, 4) is 5.75 Å². The van der Waals surface area contributed by atoms with E-state index in [0.29, 0.717) is 31.2 Å². The number of benzene rings is 1. The number of piperazine rings is 1. The highest BCUT2D eigenvalue weighted by molar-refractivity contribution is 5.96. The fourth-order valence-electron chi connectivity index (χ4n) is 2.90. The van der Waals surface area contributed by atoms with Gasteiger partial charge in [0.1, 0.15) is 5.75 Å². The molecule has 1 amide bonds. The molecule has 1 aliphatic rings. The molecule has 0 saturated carbocycles. The Morgan fingerprint density at radius 3 is 2.52 bits per heavy atom. The number of nitrogens with zero attached hydrogens (tertiary/aromatic N) is 2. The fourth-order valence-corrected chi connectivity index (χ4v) is 2.90. The Morgan fingerprint density at radius 1 is 1.29 bits per heavy atom. The molecule has 1 aromatic rings. The molecule has 0 bridgehead atoms. The zero-order valence-corrected chi connectivity index (χ0v) is 12.7. The van der Waals surface area contributed by atoms with Crippen LogP contribution in [0.25, 0.3) is 0 Å². The summed E-state index contributed by atoms with van der Waals surface area (Å²) in [5.41, 5.74) is 6.22. The highest BCUT2D eigenvalue weighted by Gasteiger charge is 2.26. The standard InChI is InChI=1S/C16H25N3O2/c1-2-5-13(12-17)18-8-10-19(11-9-18)16(21)14-6-3-4-7-15(14)20/h3-4,6-7,13,20H,2,5,8-12,17H2,1H3. The third kappa shape index (κ3) is 3.74. The molecule has 5 heteroatoms. The molecular formula is C16H25N3O2. The molecule has 5 nitrogen and oxygen atoms in total. The van der Waals surface area contributed by atoms with Gasteiger partial charge in [-0.3, -0.25) is 9.69 Å². The van der Waals surface area contributed by atoms with E-state index in [1.807, 2.05) is 4.90 Å². The van der Waals surface area contributed by atoms with Gasteiger partial charge in [-0.25, -0.2) is 0 Å². The number of hydrogen-bond acceptors (Lipinski definition) is 4. The maximum atomic E-state index is 12.4. The van der Waals surface area contributed by atoms with E-state index < -0.39 is 0 Å². The summed E-state index contributed by atoms with van der Waals surface area (Å²) in [6.07, 6.45) is 2.23. The smallest absolute Gasteiger partial charge is 0.257 e. The van der Waals surface area contributed by atoms with Crippen LogP contribution in [0.2, 0.25) is 0 Å². The molecule has 1 heterocycles. The number of rotatable bonds is 5. The van der Waals surface area contributed by atoms with Gasteiger partial charge in [0, 0.05) is 38.8 Å². The highest BCUT2D eigenvalue weighted by Crippen LogP contribution is 2.19. The lowest BCUT2D eigenvalue weighted by Crippen LogP contribution is -2.53. The number of para-hydroxylation sites is 1. The molecule has 0 spiro atoms. The first-order valence-corrected chi connectivity index (χ1v) is 7.68. The minimum absolute atomic E-state index is 0.0516. The van der Waals surface area contributed by atoms with Gasteiger partial charge in [-0.15, -0.1) is 0 Å². The van der Waals surface area contributed by atoms with E-state index in [1.54, 1.807) is 24.3 Å². The Morgan fingerprint density at radius 2 is 1.95 bits per heavy atom. The summed E-state index contributed by atoms with van der Waals surface area (Å²) in [7, 11) is 0. The Balaban J connectivity index is 1.95. The molecule has 0 radical (unpaired) electrons. The number of nitrogens with two attached hydrogens (primary N) is 1. The van der Waals surface area contributed by atoms with Crippen molar-refractivity contribution >= 4 is 5.91 Å². The van der Waals surface area contributed by atoms with Crippen LogP contribution in [0.3, 0.4) is 0 Å². The molecule has 1 aliphatic heterocycles. The van der Waals surface area contributed by atoms with E-state index in [2.05, 4.69) is 11.8 Å². The summed E-state index contributed by atoms with van der Waals surface area (Å²) < 4.78 is 0. The second-order valence-corrected chi connectivity index (χ2v) is 5.52. The molecule has 2 rings (SSSR count). The van der Waals surface area contributed by atoms with Gasteiger partial charge in [0.05, 0.1) is 5.56 Å². The zero-order chi connectivity index (χ0) is 15.2.